The van der Waals surface area contributed by atoms with E-state index in [2.05, 4.69) is 18.0 Å². The van der Waals surface area contributed by atoms with Gasteiger partial charge in [-0.25, -0.2) is 0 Å². The second-order valence-corrected chi connectivity index (χ2v) is 4.45. The first-order valence-electron chi connectivity index (χ1n) is 5.76. The Bertz CT molecular complexity index is 534. The number of pyridine rings is 1. The summed E-state index contributed by atoms with van der Waals surface area (Å²) in [6, 6.07) is 9.83. The third-order valence-electron chi connectivity index (χ3n) is 3.16. The predicted molar refractivity (Wildman–Crippen MR) is 69.0 cm³/mol. The molecule has 0 spiro atoms. The number of aliphatic hydroxyl groups is 1. The number of nitrogens with zero attached hydrogens (tertiary/aromatic N) is 1. The number of aromatic nitrogens is 1. The van der Waals surface area contributed by atoms with Gasteiger partial charge in [0, 0.05) is 6.20 Å². The predicted octanol–water partition coefficient (Wildman–Crippen LogP) is 3.09. The summed E-state index contributed by atoms with van der Waals surface area (Å²) >= 11 is 0. The second-order valence-electron chi connectivity index (χ2n) is 4.45. The topological polar surface area (TPSA) is 33.1 Å². The summed E-state index contributed by atoms with van der Waals surface area (Å²) in [5, 5.41) is 10.4. The Morgan fingerprint density at radius 3 is 2.59 bits per heavy atom. The maximum atomic E-state index is 10.4. The van der Waals surface area contributed by atoms with Gasteiger partial charge in [-0.3, -0.25) is 4.98 Å². The van der Waals surface area contributed by atoms with E-state index in [0.717, 1.165) is 16.7 Å². The number of hydrogen-bond donors (Lipinski definition) is 1. The van der Waals surface area contributed by atoms with Crippen LogP contribution >= 0.6 is 0 Å². The molecule has 1 aromatic carbocycles. The molecule has 2 aromatic rings. The van der Waals surface area contributed by atoms with E-state index in [1.54, 1.807) is 6.20 Å². The fraction of sp³-hybridized carbons (Fsp3) is 0.267. The summed E-state index contributed by atoms with van der Waals surface area (Å²) in [4.78, 5) is 4.24. The van der Waals surface area contributed by atoms with E-state index in [1.165, 1.54) is 5.56 Å². The standard InChI is InChI=1S/C15H17NO/c1-10-7-8-16-14(9-10)15(17)13-6-4-5-11(2)12(13)3/h4-9,15,17H,1-3H3. The number of benzene rings is 1. The minimum Gasteiger partial charge on any atom is -0.382 e. The van der Waals surface area contributed by atoms with Crippen LogP contribution in [0.3, 0.4) is 0 Å². The number of aliphatic hydroxyl groups excluding tert-OH is 1. The Kier molecular flexibility index (Phi) is 3.25. The van der Waals surface area contributed by atoms with E-state index in [0.29, 0.717) is 5.69 Å². The maximum Gasteiger partial charge on any atom is 0.121 e. The SMILES string of the molecule is Cc1ccnc(C(O)c2cccc(C)c2C)c1. The molecule has 0 fully saturated rings. The molecule has 1 unspecified atom stereocenters. The van der Waals surface area contributed by atoms with E-state index in [4.69, 9.17) is 0 Å². The van der Waals surface area contributed by atoms with Gasteiger partial charge in [0.05, 0.1) is 5.69 Å². The van der Waals surface area contributed by atoms with Crippen molar-refractivity contribution in [3.63, 3.8) is 0 Å². The van der Waals surface area contributed by atoms with Crippen molar-refractivity contribution < 1.29 is 5.11 Å². The molecule has 0 saturated carbocycles. The zero-order valence-electron chi connectivity index (χ0n) is 10.4. The average molecular weight is 227 g/mol. The Hall–Kier alpha value is -1.67. The molecule has 0 aliphatic rings. The molecule has 0 bridgehead atoms. The zero-order valence-corrected chi connectivity index (χ0v) is 10.4. The Labute approximate surface area is 102 Å². The van der Waals surface area contributed by atoms with Crippen molar-refractivity contribution in [3.05, 3.63) is 64.5 Å². The molecule has 17 heavy (non-hydrogen) atoms. The molecule has 0 amide bonds. The zero-order chi connectivity index (χ0) is 12.4. The molecule has 0 aliphatic heterocycles. The molecule has 88 valence electrons. The van der Waals surface area contributed by atoms with Gasteiger partial charge in [0.1, 0.15) is 6.10 Å². The van der Waals surface area contributed by atoms with Crippen LogP contribution in [0.15, 0.2) is 36.5 Å². The summed E-state index contributed by atoms with van der Waals surface area (Å²) in [7, 11) is 0. The molecule has 1 N–H and O–H groups in total. The monoisotopic (exact) mass is 227 g/mol. The first-order valence-corrected chi connectivity index (χ1v) is 5.76. The Balaban J connectivity index is 2.44. The molecule has 0 radical (unpaired) electrons. The quantitative estimate of drug-likeness (QED) is 0.855. The average Bonchev–Trinajstić information content (AvgIpc) is 2.32. The number of aryl methyl sites for hydroxylation is 2. The normalized spacial score (nSPS) is 12.5. The highest BCUT2D eigenvalue weighted by molar-refractivity contribution is 5.38. The van der Waals surface area contributed by atoms with Crippen molar-refractivity contribution >= 4 is 0 Å². The van der Waals surface area contributed by atoms with Crippen LogP contribution in [-0.4, -0.2) is 10.1 Å². The summed E-state index contributed by atoms with van der Waals surface area (Å²) < 4.78 is 0. The molecule has 0 saturated heterocycles. The van der Waals surface area contributed by atoms with Crippen LogP contribution in [-0.2, 0) is 0 Å². The van der Waals surface area contributed by atoms with Crippen molar-refractivity contribution in [1.29, 1.82) is 0 Å². The van der Waals surface area contributed by atoms with Crippen LogP contribution in [0, 0.1) is 20.8 Å². The summed E-state index contributed by atoms with van der Waals surface area (Å²) in [6.07, 6.45) is 1.09. The van der Waals surface area contributed by atoms with Crippen LogP contribution in [0.5, 0.6) is 0 Å². The van der Waals surface area contributed by atoms with Gasteiger partial charge in [0.15, 0.2) is 0 Å². The maximum absolute atomic E-state index is 10.4. The van der Waals surface area contributed by atoms with Crippen molar-refractivity contribution in [3.8, 4) is 0 Å². The molecule has 2 rings (SSSR count). The van der Waals surface area contributed by atoms with E-state index in [1.807, 2.05) is 38.1 Å². The molecule has 2 nitrogen and oxygen atoms in total. The van der Waals surface area contributed by atoms with Crippen LogP contribution in [0.25, 0.3) is 0 Å². The minimum absolute atomic E-state index is 0.644. The van der Waals surface area contributed by atoms with E-state index >= 15 is 0 Å². The largest absolute Gasteiger partial charge is 0.382 e. The Morgan fingerprint density at radius 2 is 1.88 bits per heavy atom. The van der Waals surface area contributed by atoms with Crippen LogP contribution in [0.2, 0.25) is 0 Å². The van der Waals surface area contributed by atoms with Gasteiger partial charge in [-0.2, -0.15) is 0 Å². The van der Waals surface area contributed by atoms with Gasteiger partial charge in [0.2, 0.25) is 0 Å². The number of rotatable bonds is 2. The first-order chi connectivity index (χ1) is 8.09. The van der Waals surface area contributed by atoms with Crippen molar-refractivity contribution in [1.82, 2.24) is 4.98 Å². The lowest BCUT2D eigenvalue weighted by Gasteiger charge is -2.15. The van der Waals surface area contributed by atoms with Crippen LogP contribution < -0.4 is 0 Å². The highest BCUT2D eigenvalue weighted by Gasteiger charge is 2.14. The molecular formula is C15H17NO. The summed E-state index contributed by atoms with van der Waals surface area (Å²) in [5.74, 6) is 0. The van der Waals surface area contributed by atoms with Crippen LogP contribution in [0.4, 0.5) is 0 Å². The van der Waals surface area contributed by atoms with Gasteiger partial charge in [0.25, 0.3) is 0 Å². The highest BCUT2D eigenvalue weighted by atomic mass is 16.3. The fourth-order valence-corrected chi connectivity index (χ4v) is 1.94. The summed E-state index contributed by atoms with van der Waals surface area (Å²) in [5.41, 5.74) is 5.07. The third-order valence-corrected chi connectivity index (χ3v) is 3.16. The lowest BCUT2D eigenvalue weighted by molar-refractivity contribution is 0.214. The van der Waals surface area contributed by atoms with E-state index in [-0.39, 0.29) is 0 Å². The smallest absolute Gasteiger partial charge is 0.121 e. The van der Waals surface area contributed by atoms with Crippen molar-refractivity contribution in [2.75, 3.05) is 0 Å². The summed E-state index contributed by atoms with van der Waals surface area (Å²) in [6.45, 7) is 6.08. The van der Waals surface area contributed by atoms with Crippen molar-refractivity contribution in [2.24, 2.45) is 0 Å². The molecule has 2 heteroatoms. The molecule has 1 aromatic heterocycles. The lowest BCUT2D eigenvalue weighted by Crippen LogP contribution is -2.05. The molecule has 1 heterocycles. The lowest BCUT2D eigenvalue weighted by atomic mass is 9.97. The Morgan fingerprint density at radius 1 is 1.12 bits per heavy atom. The van der Waals surface area contributed by atoms with Crippen molar-refractivity contribution in [2.45, 2.75) is 26.9 Å². The van der Waals surface area contributed by atoms with Gasteiger partial charge in [-0.05, 0) is 55.2 Å². The van der Waals surface area contributed by atoms with Gasteiger partial charge < -0.3 is 5.11 Å². The third kappa shape index (κ3) is 2.37. The van der Waals surface area contributed by atoms with E-state index < -0.39 is 6.10 Å². The van der Waals surface area contributed by atoms with E-state index in [9.17, 15) is 5.11 Å². The van der Waals surface area contributed by atoms with Crippen LogP contribution in [0.1, 0.15) is 34.1 Å². The number of hydrogen-bond acceptors (Lipinski definition) is 2. The first kappa shape index (κ1) is 11.8. The highest BCUT2D eigenvalue weighted by Crippen LogP contribution is 2.25. The van der Waals surface area contributed by atoms with Gasteiger partial charge >= 0.3 is 0 Å². The second kappa shape index (κ2) is 4.68. The molecular weight excluding hydrogens is 210 g/mol. The molecule has 1 atom stereocenters. The van der Waals surface area contributed by atoms with Gasteiger partial charge in [-0.1, -0.05) is 18.2 Å². The van der Waals surface area contributed by atoms with Gasteiger partial charge in [-0.15, -0.1) is 0 Å². The molecule has 0 aliphatic carbocycles. The fourth-order valence-electron chi connectivity index (χ4n) is 1.94. The minimum atomic E-state index is -0.644.